The molecular weight excluding hydrogens is 444 g/mol. The van der Waals surface area contributed by atoms with Crippen molar-refractivity contribution >= 4 is 23.9 Å². The monoisotopic (exact) mass is 468 g/mol. The van der Waals surface area contributed by atoms with Gasteiger partial charge in [-0.05, 0) is 24.3 Å². The number of hydrogen-bond acceptors (Lipinski definition) is 10. The zero-order valence-corrected chi connectivity index (χ0v) is 18.4. The largest absolute Gasteiger partial charge is 0.462 e. The Morgan fingerprint density at radius 3 is 1.35 bits per heavy atom. The van der Waals surface area contributed by atoms with Gasteiger partial charge in [0, 0.05) is 37.4 Å². The van der Waals surface area contributed by atoms with Gasteiger partial charge in [0.15, 0.2) is 0 Å². The summed E-state index contributed by atoms with van der Waals surface area (Å²) < 4.78 is 19.8. The van der Waals surface area contributed by atoms with Gasteiger partial charge < -0.3 is 18.9 Å². The van der Waals surface area contributed by atoms with Crippen molar-refractivity contribution in [3.05, 3.63) is 73.1 Å². The Kier molecular flexibility index (Phi) is 10.6. The summed E-state index contributed by atoms with van der Waals surface area (Å²) in [6.07, 6.45) is 5.55. The smallest absolute Gasteiger partial charge is 0.339 e. The van der Waals surface area contributed by atoms with Crippen molar-refractivity contribution in [3.8, 4) is 11.4 Å². The number of ether oxygens (including phenoxy) is 4. The lowest BCUT2D eigenvalue weighted by molar-refractivity contribution is -0.138. The Morgan fingerprint density at radius 1 is 0.647 bits per heavy atom. The van der Waals surface area contributed by atoms with E-state index in [0.29, 0.717) is 24.2 Å². The molecule has 2 heterocycles. The van der Waals surface area contributed by atoms with Crippen LogP contribution in [0.1, 0.15) is 33.6 Å². The molecule has 0 saturated heterocycles. The zero-order chi connectivity index (χ0) is 24.8. The fourth-order valence-corrected chi connectivity index (χ4v) is 2.41. The highest BCUT2D eigenvalue weighted by molar-refractivity contribution is 5.90. The number of hydrogen-bond donors (Lipinski definition) is 0. The van der Waals surface area contributed by atoms with Gasteiger partial charge in [-0.25, -0.2) is 19.2 Å². The molecule has 2 rings (SSSR count). The fraction of sp³-hybridized carbons (Fsp3) is 0.250. The lowest BCUT2D eigenvalue weighted by Crippen LogP contribution is -2.10. The topological polar surface area (TPSA) is 131 Å². The molecule has 10 nitrogen and oxygen atoms in total. The molecule has 0 amide bonds. The van der Waals surface area contributed by atoms with E-state index in [-0.39, 0.29) is 37.6 Å². The van der Waals surface area contributed by atoms with E-state index in [1.165, 1.54) is 12.4 Å². The summed E-state index contributed by atoms with van der Waals surface area (Å²) in [5, 5.41) is 0. The van der Waals surface area contributed by atoms with Crippen LogP contribution in [0.5, 0.6) is 0 Å². The quantitative estimate of drug-likeness (QED) is 0.187. The minimum Gasteiger partial charge on any atom is -0.462 e. The van der Waals surface area contributed by atoms with Crippen LogP contribution >= 0.6 is 0 Å². The molecule has 0 atom stereocenters. The maximum atomic E-state index is 12.1. The first-order valence-corrected chi connectivity index (χ1v) is 10.3. The highest BCUT2D eigenvalue weighted by Crippen LogP contribution is 2.16. The first kappa shape index (κ1) is 25.9. The molecule has 178 valence electrons. The molecule has 0 radical (unpaired) electrons. The molecule has 2 aromatic rings. The van der Waals surface area contributed by atoms with Crippen molar-refractivity contribution in [1.82, 2.24) is 9.97 Å². The average molecular weight is 468 g/mol. The van der Waals surface area contributed by atoms with Crippen molar-refractivity contribution in [2.45, 2.75) is 12.8 Å². The third kappa shape index (κ3) is 8.65. The number of rotatable bonds is 13. The van der Waals surface area contributed by atoms with Gasteiger partial charge in [0.2, 0.25) is 0 Å². The van der Waals surface area contributed by atoms with E-state index < -0.39 is 23.9 Å². The van der Waals surface area contributed by atoms with Crippen LogP contribution in [0.15, 0.2) is 62.0 Å². The normalized spacial score (nSPS) is 10.0. The summed E-state index contributed by atoms with van der Waals surface area (Å²) in [6.45, 7) is 6.99. The number of pyridine rings is 2. The summed E-state index contributed by atoms with van der Waals surface area (Å²) in [7, 11) is 0. The Hall–Kier alpha value is -4.34. The standard InChI is InChI=1S/C24H24N2O8/c1-3-21(27)31-11-5-13-33-23(29)17-7-9-19(25-15-17)20-10-8-18(16-26-20)24(30)34-14-6-12-32-22(28)4-2/h3-4,7-10,15-16H,1-2,5-6,11-14H2. The van der Waals surface area contributed by atoms with Crippen LogP contribution in [0.2, 0.25) is 0 Å². The van der Waals surface area contributed by atoms with Crippen LogP contribution < -0.4 is 0 Å². The molecule has 0 bridgehead atoms. The Labute approximate surface area is 196 Å². The van der Waals surface area contributed by atoms with Crippen molar-refractivity contribution in [2.24, 2.45) is 0 Å². The van der Waals surface area contributed by atoms with E-state index in [1.54, 1.807) is 24.3 Å². The SMILES string of the molecule is C=CC(=O)OCCCOC(=O)c1ccc(-c2ccc(C(=O)OCCCOC(=O)C=C)cn2)nc1. The van der Waals surface area contributed by atoms with Crippen LogP contribution in [0.25, 0.3) is 11.4 Å². The molecule has 0 saturated carbocycles. The van der Waals surface area contributed by atoms with E-state index in [4.69, 9.17) is 18.9 Å². The van der Waals surface area contributed by atoms with Gasteiger partial charge in [0.25, 0.3) is 0 Å². The molecule has 0 spiro atoms. The predicted molar refractivity (Wildman–Crippen MR) is 120 cm³/mol. The molecular formula is C24H24N2O8. The Bertz CT molecular complexity index is 933. The predicted octanol–water partition coefficient (Wildman–Crippen LogP) is 2.70. The summed E-state index contributed by atoms with van der Waals surface area (Å²) in [4.78, 5) is 54.4. The molecule has 2 aromatic heterocycles. The lowest BCUT2D eigenvalue weighted by atomic mass is 10.2. The zero-order valence-electron chi connectivity index (χ0n) is 18.4. The van der Waals surface area contributed by atoms with Crippen molar-refractivity contribution in [1.29, 1.82) is 0 Å². The van der Waals surface area contributed by atoms with Crippen molar-refractivity contribution < 1.29 is 38.1 Å². The van der Waals surface area contributed by atoms with Gasteiger partial charge in [0.1, 0.15) is 0 Å². The molecule has 0 aliphatic rings. The first-order chi connectivity index (χ1) is 16.4. The molecule has 0 aromatic carbocycles. The number of carbonyl (C=O) groups excluding carboxylic acids is 4. The average Bonchev–Trinajstić information content (AvgIpc) is 2.87. The maximum absolute atomic E-state index is 12.1. The van der Waals surface area contributed by atoms with Crippen molar-refractivity contribution in [3.63, 3.8) is 0 Å². The number of carbonyl (C=O) groups is 4. The third-order valence-corrected chi connectivity index (χ3v) is 4.13. The second-order valence-corrected chi connectivity index (χ2v) is 6.59. The first-order valence-electron chi connectivity index (χ1n) is 10.3. The molecule has 0 unspecified atom stereocenters. The second kappa shape index (κ2) is 13.9. The molecule has 0 aliphatic heterocycles. The Morgan fingerprint density at radius 2 is 1.03 bits per heavy atom. The summed E-state index contributed by atoms with van der Waals surface area (Å²) >= 11 is 0. The highest BCUT2D eigenvalue weighted by atomic mass is 16.6. The second-order valence-electron chi connectivity index (χ2n) is 6.59. The van der Waals surface area contributed by atoms with Gasteiger partial charge >= 0.3 is 23.9 Å². The molecule has 0 N–H and O–H groups in total. The lowest BCUT2D eigenvalue weighted by Gasteiger charge is -2.07. The molecule has 0 fully saturated rings. The highest BCUT2D eigenvalue weighted by Gasteiger charge is 2.11. The number of nitrogens with zero attached hydrogens (tertiary/aromatic N) is 2. The third-order valence-electron chi connectivity index (χ3n) is 4.13. The summed E-state index contributed by atoms with van der Waals surface area (Å²) in [6, 6.07) is 6.30. The minimum absolute atomic E-state index is 0.0874. The van der Waals surface area contributed by atoms with Crippen LogP contribution in [0.4, 0.5) is 0 Å². The molecule has 34 heavy (non-hydrogen) atoms. The van der Waals surface area contributed by atoms with Crippen LogP contribution in [0.3, 0.4) is 0 Å². The van der Waals surface area contributed by atoms with Gasteiger partial charge in [-0.1, -0.05) is 13.2 Å². The van der Waals surface area contributed by atoms with E-state index >= 15 is 0 Å². The van der Waals surface area contributed by atoms with Crippen LogP contribution in [0, 0.1) is 0 Å². The van der Waals surface area contributed by atoms with Gasteiger partial charge in [-0.2, -0.15) is 0 Å². The van der Waals surface area contributed by atoms with Crippen LogP contribution in [-0.2, 0) is 28.5 Å². The molecule has 10 heteroatoms. The summed E-state index contributed by atoms with van der Waals surface area (Å²) in [5.74, 6) is -2.18. The van der Waals surface area contributed by atoms with E-state index in [0.717, 1.165) is 12.2 Å². The van der Waals surface area contributed by atoms with Gasteiger partial charge in [-0.15, -0.1) is 0 Å². The Balaban J connectivity index is 1.79. The minimum atomic E-state index is -0.556. The van der Waals surface area contributed by atoms with Gasteiger partial charge in [0.05, 0.1) is 48.9 Å². The summed E-state index contributed by atoms with van der Waals surface area (Å²) in [5.41, 5.74) is 1.50. The van der Waals surface area contributed by atoms with Gasteiger partial charge in [-0.3, -0.25) is 9.97 Å². The van der Waals surface area contributed by atoms with Crippen LogP contribution in [-0.4, -0.2) is 60.3 Å². The molecule has 0 aliphatic carbocycles. The van der Waals surface area contributed by atoms with Crippen molar-refractivity contribution in [2.75, 3.05) is 26.4 Å². The fourth-order valence-electron chi connectivity index (χ4n) is 2.41. The number of aromatic nitrogens is 2. The number of esters is 4. The van der Waals surface area contributed by atoms with E-state index in [9.17, 15) is 19.2 Å². The maximum Gasteiger partial charge on any atom is 0.339 e. The van der Waals surface area contributed by atoms with E-state index in [2.05, 4.69) is 23.1 Å². The van der Waals surface area contributed by atoms with E-state index in [1.807, 2.05) is 0 Å².